The molecule has 0 radical (unpaired) electrons. The first-order valence-corrected chi connectivity index (χ1v) is 9.18. The highest BCUT2D eigenvalue weighted by atomic mass is 35.5. The lowest BCUT2D eigenvalue weighted by molar-refractivity contribution is -0.129. The summed E-state index contributed by atoms with van der Waals surface area (Å²) in [5.74, 6) is 1.14. The van der Waals surface area contributed by atoms with Crippen molar-refractivity contribution < 1.29 is 20.2 Å². The number of allylic oxidation sites excluding steroid dienone is 6. The van der Waals surface area contributed by atoms with Crippen LogP contribution in [0.1, 0.15) is 46.0 Å². The molecule has 0 aromatic carbocycles. The molecule has 0 aromatic heterocycles. The molecule has 2 fully saturated rings. The minimum absolute atomic E-state index is 0. The normalized spacial score (nSPS) is 38.6. The maximum Gasteiger partial charge on any atom is 0.178 e. The lowest BCUT2D eigenvalue weighted by Gasteiger charge is -2.52. The van der Waals surface area contributed by atoms with Crippen LogP contribution in [-0.4, -0.2) is 28.8 Å². The molecule has 0 heterocycles. The number of halogens is 2. The molecule has 0 spiro atoms. The minimum atomic E-state index is -0.330. The van der Waals surface area contributed by atoms with Crippen molar-refractivity contribution in [2.75, 3.05) is 6.61 Å². The lowest BCUT2D eigenvalue weighted by Crippen LogP contribution is -2.45. The van der Waals surface area contributed by atoms with Crippen molar-refractivity contribution in [2.24, 2.45) is 28.6 Å². The zero-order valence-corrected chi connectivity index (χ0v) is 17.5. The SMILES string of the molecule is C[C@]12C=CC(=O)C=C1CC[C@@H]1C2=CC[C@]2(C)[C@@H](C(=O)CO)CC[C@@H]12.Cl.Cl.O. The lowest BCUT2D eigenvalue weighted by atomic mass is 9.52. The van der Waals surface area contributed by atoms with Crippen LogP contribution in [-0.2, 0) is 9.59 Å². The second-order valence-corrected chi connectivity index (χ2v) is 8.48. The minimum Gasteiger partial charge on any atom is -0.412 e. The van der Waals surface area contributed by atoms with Gasteiger partial charge < -0.3 is 10.6 Å². The number of ketones is 2. The highest BCUT2D eigenvalue weighted by Crippen LogP contribution is 2.63. The van der Waals surface area contributed by atoms with Crippen molar-refractivity contribution in [3.05, 3.63) is 35.5 Å². The summed E-state index contributed by atoms with van der Waals surface area (Å²) in [5, 5.41) is 9.34. The van der Waals surface area contributed by atoms with Gasteiger partial charge >= 0.3 is 0 Å². The van der Waals surface area contributed by atoms with Crippen LogP contribution in [0.25, 0.3) is 0 Å². The molecule has 4 nitrogen and oxygen atoms in total. The first-order chi connectivity index (χ1) is 11.4. The third-order valence-electron chi connectivity index (χ3n) is 7.49. The first kappa shape index (κ1) is 24.1. The Morgan fingerprint density at radius 3 is 2.59 bits per heavy atom. The van der Waals surface area contributed by atoms with E-state index < -0.39 is 0 Å². The van der Waals surface area contributed by atoms with Gasteiger partial charge in [0.05, 0.1) is 0 Å². The Kier molecular flexibility index (Phi) is 7.32. The summed E-state index contributed by atoms with van der Waals surface area (Å²) in [6.45, 7) is 4.17. The molecule has 5 atom stereocenters. The molecule has 0 amide bonds. The number of Topliss-reactive ketones (excluding diaryl/α,β-unsaturated/α-hetero) is 1. The van der Waals surface area contributed by atoms with Crippen molar-refractivity contribution in [2.45, 2.75) is 46.0 Å². The Morgan fingerprint density at radius 1 is 1.22 bits per heavy atom. The van der Waals surface area contributed by atoms with Crippen molar-refractivity contribution in [3.8, 4) is 0 Å². The number of carbonyl (C=O) groups is 2. The van der Waals surface area contributed by atoms with Gasteiger partial charge in [-0.1, -0.05) is 30.2 Å². The molecule has 3 N–H and O–H groups in total. The third kappa shape index (κ3) is 3.35. The van der Waals surface area contributed by atoms with Crippen LogP contribution in [0, 0.1) is 28.6 Å². The number of hydrogen-bond donors (Lipinski definition) is 1. The Balaban J connectivity index is 0.00000121. The molecule has 0 aliphatic heterocycles. The van der Waals surface area contributed by atoms with Crippen LogP contribution in [0.3, 0.4) is 0 Å². The maximum atomic E-state index is 12.2. The summed E-state index contributed by atoms with van der Waals surface area (Å²) in [4.78, 5) is 24.0. The maximum absolute atomic E-state index is 12.2. The Bertz CT molecular complexity index is 711. The van der Waals surface area contributed by atoms with Gasteiger partial charge in [0.15, 0.2) is 11.6 Å². The van der Waals surface area contributed by atoms with Gasteiger partial charge in [-0.05, 0) is 68.4 Å². The molecular weight excluding hydrogens is 387 g/mol. The van der Waals surface area contributed by atoms with Crippen LogP contribution >= 0.6 is 24.8 Å². The predicted octanol–water partition coefficient (Wildman–Crippen LogP) is 3.41. The number of aliphatic hydroxyl groups excluding tert-OH is 1. The molecule has 0 saturated heterocycles. The molecule has 4 rings (SSSR count). The zero-order chi connectivity index (χ0) is 17.1. The van der Waals surface area contributed by atoms with Crippen LogP contribution < -0.4 is 0 Å². The standard InChI is InChI=1S/C21H26O3.2ClH.H2O/c1-20-9-7-14(23)11-13(20)3-4-15-16-5-6-18(19(24)12-22)21(16,2)10-8-17(15)20;;;/h7-9,11,15-16,18,22H,3-6,10,12H2,1-2H3;2*1H;1H2/t15-,16-,18+,20-,21-;;;/m0.../s1. The molecule has 0 unspecified atom stereocenters. The van der Waals surface area contributed by atoms with E-state index in [4.69, 9.17) is 0 Å². The van der Waals surface area contributed by atoms with E-state index in [0.29, 0.717) is 11.8 Å². The Labute approximate surface area is 173 Å². The van der Waals surface area contributed by atoms with Crippen LogP contribution in [0.5, 0.6) is 0 Å². The van der Waals surface area contributed by atoms with Gasteiger partial charge in [-0.2, -0.15) is 0 Å². The number of aliphatic hydroxyl groups is 1. The van der Waals surface area contributed by atoms with E-state index in [9.17, 15) is 14.7 Å². The van der Waals surface area contributed by atoms with Crippen LogP contribution in [0.2, 0.25) is 0 Å². The molecule has 2 saturated carbocycles. The highest BCUT2D eigenvalue weighted by Gasteiger charge is 2.56. The van der Waals surface area contributed by atoms with Crippen LogP contribution in [0.15, 0.2) is 35.5 Å². The predicted molar refractivity (Wildman–Crippen MR) is 110 cm³/mol. The van der Waals surface area contributed by atoms with Gasteiger partial charge in [0.2, 0.25) is 0 Å². The van der Waals surface area contributed by atoms with Crippen molar-refractivity contribution in [1.82, 2.24) is 0 Å². The smallest absolute Gasteiger partial charge is 0.178 e. The highest BCUT2D eigenvalue weighted by molar-refractivity contribution is 6.01. The first-order valence-electron chi connectivity index (χ1n) is 9.18. The summed E-state index contributed by atoms with van der Waals surface area (Å²) in [6, 6.07) is 0. The molecule has 27 heavy (non-hydrogen) atoms. The molecular formula is C21H30Cl2O4. The second kappa shape index (κ2) is 8.20. The number of carbonyl (C=O) groups excluding carboxylic acids is 2. The van der Waals surface area contributed by atoms with Crippen LogP contribution in [0.4, 0.5) is 0 Å². The summed E-state index contributed by atoms with van der Waals surface area (Å²) in [7, 11) is 0. The molecule has 0 bridgehead atoms. The average molecular weight is 417 g/mol. The fourth-order valence-electron chi connectivity index (χ4n) is 6.16. The topological polar surface area (TPSA) is 85.9 Å². The van der Waals surface area contributed by atoms with E-state index in [0.717, 1.165) is 32.1 Å². The van der Waals surface area contributed by atoms with Crippen molar-refractivity contribution in [1.29, 1.82) is 0 Å². The monoisotopic (exact) mass is 416 g/mol. The summed E-state index contributed by atoms with van der Waals surface area (Å²) >= 11 is 0. The van der Waals surface area contributed by atoms with E-state index in [1.54, 1.807) is 6.08 Å². The molecule has 6 heteroatoms. The summed E-state index contributed by atoms with van der Waals surface area (Å²) in [5.41, 5.74) is 2.59. The van der Waals surface area contributed by atoms with Gasteiger partial charge in [-0.3, -0.25) is 9.59 Å². The summed E-state index contributed by atoms with van der Waals surface area (Å²) in [6.07, 6.45) is 12.9. The Hall–Kier alpha value is -0.940. The van der Waals surface area contributed by atoms with Gasteiger partial charge in [0, 0.05) is 11.3 Å². The van der Waals surface area contributed by atoms with Crippen molar-refractivity contribution >= 4 is 36.4 Å². The molecule has 0 aromatic rings. The largest absolute Gasteiger partial charge is 0.412 e. The number of hydrogen-bond acceptors (Lipinski definition) is 3. The van der Waals surface area contributed by atoms with Gasteiger partial charge in [0.1, 0.15) is 6.61 Å². The quantitative estimate of drug-likeness (QED) is 0.699. The van der Waals surface area contributed by atoms with Crippen molar-refractivity contribution in [3.63, 3.8) is 0 Å². The van der Waals surface area contributed by atoms with Gasteiger partial charge in [0.25, 0.3) is 0 Å². The van der Waals surface area contributed by atoms with E-state index in [-0.39, 0.29) is 65.2 Å². The van der Waals surface area contributed by atoms with E-state index in [1.165, 1.54) is 11.1 Å². The second-order valence-electron chi connectivity index (χ2n) is 8.48. The Morgan fingerprint density at radius 2 is 1.93 bits per heavy atom. The van der Waals surface area contributed by atoms with E-state index >= 15 is 0 Å². The van der Waals surface area contributed by atoms with E-state index in [2.05, 4.69) is 26.0 Å². The van der Waals surface area contributed by atoms with Gasteiger partial charge in [-0.25, -0.2) is 0 Å². The molecule has 152 valence electrons. The molecule has 4 aliphatic carbocycles. The van der Waals surface area contributed by atoms with Gasteiger partial charge in [-0.15, -0.1) is 24.8 Å². The molecule has 4 aliphatic rings. The number of fused-ring (bicyclic) bond motifs is 5. The zero-order valence-electron chi connectivity index (χ0n) is 15.9. The van der Waals surface area contributed by atoms with E-state index in [1.807, 2.05) is 6.08 Å². The third-order valence-corrected chi connectivity index (χ3v) is 7.49. The fourth-order valence-corrected chi connectivity index (χ4v) is 6.16. The average Bonchev–Trinajstić information content (AvgIpc) is 2.92. The number of rotatable bonds is 2. The summed E-state index contributed by atoms with van der Waals surface area (Å²) < 4.78 is 0. The fraction of sp³-hybridized carbons (Fsp3) is 0.619.